The summed E-state index contributed by atoms with van der Waals surface area (Å²) < 4.78 is 33.8. The molecule has 0 atom stereocenters. The number of hydrogen-bond acceptors (Lipinski definition) is 7. The van der Waals surface area contributed by atoms with Crippen LogP contribution >= 0.6 is 0 Å². The molecule has 31 heavy (non-hydrogen) atoms. The quantitative estimate of drug-likeness (QED) is 0.475. The van der Waals surface area contributed by atoms with Gasteiger partial charge in [0, 0.05) is 30.9 Å². The number of nitro groups is 1. The van der Waals surface area contributed by atoms with Gasteiger partial charge in [-0.1, -0.05) is 0 Å². The Kier molecular flexibility index (Phi) is 6.71. The molecule has 1 aliphatic rings. The van der Waals surface area contributed by atoms with Crippen LogP contribution in [0.3, 0.4) is 0 Å². The van der Waals surface area contributed by atoms with Crippen LogP contribution in [0.25, 0.3) is 0 Å². The molecule has 1 amide bonds. The number of amides is 1. The number of nitrogens with one attached hydrogen (secondary N) is 1. The number of aromatic nitrogens is 1. The lowest BCUT2D eigenvalue weighted by atomic mass is 10.3. The van der Waals surface area contributed by atoms with E-state index in [0.717, 1.165) is 35.7 Å². The van der Waals surface area contributed by atoms with Gasteiger partial charge in [-0.3, -0.25) is 24.3 Å². The first-order valence-electron chi connectivity index (χ1n) is 9.64. The molecule has 3 rings (SSSR count). The van der Waals surface area contributed by atoms with E-state index in [-0.39, 0.29) is 28.6 Å². The summed E-state index contributed by atoms with van der Waals surface area (Å²) in [6.07, 6.45) is 2.53. The molecule has 1 N–H and O–H groups in total. The molecule has 0 bridgehead atoms. The number of sulfonamides is 1. The van der Waals surface area contributed by atoms with Gasteiger partial charge in [0.2, 0.25) is 15.9 Å². The van der Waals surface area contributed by atoms with E-state index in [1.165, 1.54) is 22.5 Å². The Morgan fingerprint density at radius 2 is 1.94 bits per heavy atom. The highest BCUT2D eigenvalue weighted by Gasteiger charge is 2.30. The van der Waals surface area contributed by atoms with Gasteiger partial charge in [0.1, 0.15) is 17.2 Å². The van der Waals surface area contributed by atoms with Crippen molar-refractivity contribution in [2.24, 2.45) is 0 Å². The number of pyridine rings is 1. The number of anilines is 1. The summed E-state index contributed by atoms with van der Waals surface area (Å²) in [6.45, 7) is 2.37. The fraction of sp³-hybridized carbons (Fsp3) is 0.368. The largest absolute Gasteiger partial charge is 0.492 e. The Hall–Kier alpha value is -3.25. The van der Waals surface area contributed by atoms with Crippen LogP contribution in [-0.2, 0) is 21.4 Å². The summed E-state index contributed by atoms with van der Waals surface area (Å²) in [5.74, 6) is -0.460. The molecule has 11 nitrogen and oxygen atoms in total. The third-order valence-corrected chi connectivity index (χ3v) is 6.62. The van der Waals surface area contributed by atoms with E-state index in [4.69, 9.17) is 4.74 Å². The molecule has 12 heteroatoms. The number of carbonyl (C=O) groups excluding carboxylic acids is 1. The summed E-state index contributed by atoms with van der Waals surface area (Å²) in [6, 6.07) is 6.32. The first kappa shape index (κ1) is 22.4. The average molecular weight is 450 g/mol. The van der Waals surface area contributed by atoms with Gasteiger partial charge in [-0.15, -0.1) is 0 Å². The minimum atomic E-state index is -3.80. The predicted molar refractivity (Wildman–Crippen MR) is 112 cm³/mol. The lowest BCUT2D eigenvalue weighted by molar-refractivity contribution is -0.385. The van der Waals surface area contributed by atoms with E-state index >= 15 is 0 Å². The summed E-state index contributed by atoms with van der Waals surface area (Å²) in [4.78, 5) is 34.5. The maximum absolute atomic E-state index is 13.0. The van der Waals surface area contributed by atoms with Crippen LogP contribution in [-0.4, -0.2) is 47.8 Å². The van der Waals surface area contributed by atoms with Gasteiger partial charge in [-0.2, -0.15) is 4.31 Å². The van der Waals surface area contributed by atoms with Crippen molar-refractivity contribution in [3.8, 4) is 5.75 Å². The molecule has 1 aromatic carbocycles. The number of carbonyl (C=O) groups is 1. The number of rotatable bonds is 8. The normalized spacial score (nSPS) is 14.4. The molecule has 0 saturated carbocycles. The monoisotopic (exact) mass is 450 g/mol. The van der Waals surface area contributed by atoms with Crippen LogP contribution in [0.15, 0.2) is 46.2 Å². The van der Waals surface area contributed by atoms with Crippen molar-refractivity contribution in [2.45, 2.75) is 31.2 Å². The van der Waals surface area contributed by atoms with Crippen LogP contribution in [0, 0.1) is 10.1 Å². The molecule has 1 fully saturated rings. The molecule has 166 valence electrons. The van der Waals surface area contributed by atoms with E-state index in [0.29, 0.717) is 13.1 Å². The molecular formula is C19H22N4O7S. The van der Waals surface area contributed by atoms with Gasteiger partial charge in [-0.05, 0) is 38.0 Å². The lowest BCUT2D eigenvalue weighted by Crippen LogP contribution is -2.29. The van der Waals surface area contributed by atoms with Crippen LogP contribution < -0.4 is 15.6 Å². The van der Waals surface area contributed by atoms with Gasteiger partial charge in [0.25, 0.3) is 11.2 Å². The number of hydrogen-bond donors (Lipinski definition) is 1. The SMILES string of the molecule is CCOc1ccc(NC(=O)Cn2cc([N+](=O)[O-])ccc2=O)cc1S(=O)(=O)N1CCCC1. The van der Waals surface area contributed by atoms with Crippen LogP contribution in [0.1, 0.15) is 19.8 Å². The Morgan fingerprint density at radius 1 is 1.23 bits per heavy atom. The molecule has 1 saturated heterocycles. The molecule has 2 aromatic rings. The number of ether oxygens (including phenoxy) is 1. The maximum Gasteiger partial charge on any atom is 0.285 e. The van der Waals surface area contributed by atoms with E-state index in [1.54, 1.807) is 6.92 Å². The average Bonchev–Trinajstić information content (AvgIpc) is 3.26. The fourth-order valence-corrected chi connectivity index (χ4v) is 4.91. The maximum atomic E-state index is 13.0. The summed E-state index contributed by atoms with van der Waals surface area (Å²) in [7, 11) is -3.80. The topological polar surface area (TPSA) is 141 Å². The second kappa shape index (κ2) is 9.27. The summed E-state index contributed by atoms with van der Waals surface area (Å²) in [5, 5.41) is 13.4. The Morgan fingerprint density at radius 3 is 2.58 bits per heavy atom. The van der Waals surface area contributed by atoms with Gasteiger partial charge in [-0.25, -0.2) is 8.42 Å². The molecular weight excluding hydrogens is 428 g/mol. The van der Waals surface area contributed by atoms with Crippen molar-refractivity contribution in [2.75, 3.05) is 25.0 Å². The van der Waals surface area contributed by atoms with E-state index in [9.17, 15) is 28.1 Å². The van der Waals surface area contributed by atoms with E-state index in [1.807, 2.05) is 0 Å². The van der Waals surface area contributed by atoms with Crippen molar-refractivity contribution in [1.29, 1.82) is 0 Å². The van der Waals surface area contributed by atoms with Crippen LogP contribution in [0.2, 0.25) is 0 Å². The minimum Gasteiger partial charge on any atom is -0.492 e. The molecule has 1 aromatic heterocycles. The molecule has 2 heterocycles. The van der Waals surface area contributed by atoms with Crippen LogP contribution in [0.4, 0.5) is 11.4 Å². The fourth-order valence-electron chi connectivity index (χ4n) is 3.24. The Balaban J connectivity index is 1.85. The number of benzene rings is 1. The van der Waals surface area contributed by atoms with Crippen molar-refractivity contribution in [3.63, 3.8) is 0 Å². The Labute approximate surface area is 178 Å². The smallest absolute Gasteiger partial charge is 0.285 e. The minimum absolute atomic E-state index is 0.0541. The predicted octanol–water partition coefficient (Wildman–Crippen LogP) is 1.58. The van der Waals surface area contributed by atoms with Gasteiger partial charge < -0.3 is 10.1 Å². The van der Waals surface area contributed by atoms with Gasteiger partial charge in [0.15, 0.2) is 0 Å². The standard InChI is InChI=1S/C19H22N4O7S/c1-2-30-16-7-5-14(11-17(16)31(28,29)22-9-3-4-10-22)20-18(24)13-21-12-15(23(26)27)6-8-19(21)25/h5-8,11-12H,2-4,9-10,13H2,1H3,(H,20,24). The van der Waals surface area contributed by atoms with Crippen molar-refractivity contribution in [3.05, 3.63) is 57.0 Å². The number of nitrogens with zero attached hydrogens (tertiary/aromatic N) is 3. The lowest BCUT2D eigenvalue weighted by Gasteiger charge is -2.19. The highest BCUT2D eigenvalue weighted by molar-refractivity contribution is 7.89. The highest BCUT2D eigenvalue weighted by atomic mass is 32.2. The van der Waals surface area contributed by atoms with Crippen LogP contribution in [0.5, 0.6) is 5.75 Å². The van der Waals surface area contributed by atoms with E-state index in [2.05, 4.69) is 5.32 Å². The van der Waals surface area contributed by atoms with Crippen molar-refractivity contribution < 1.29 is 22.9 Å². The second-order valence-corrected chi connectivity index (χ2v) is 8.77. The highest BCUT2D eigenvalue weighted by Crippen LogP contribution is 2.31. The van der Waals surface area contributed by atoms with E-state index < -0.39 is 33.0 Å². The summed E-state index contributed by atoms with van der Waals surface area (Å²) in [5.41, 5.74) is -0.707. The molecule has 0 aliphatic carbocycles. The molecule has 0 spiro atoms. The Bertz CT molecular complexity index is 1150. The van der Waals surface area contributed by atoms with Gasteiger partial charge >= 0.3 is 0 Å². The first-order chi connectivity index (χ1) is 14.7. The third-order valence-electron chi connectivity index (χ3n) is 4.70. The molecule has 1 aliphatic heterocycles. The zero-order chi connectivity index (χ0) is 22.6. The zero-order valence-corrected chi connectivity index (χ0v) is 17.6. The molecule has 0 radical (unpaired) electrons. The third kappa shape index (κ3) is 5.09. The van der Waals surface area contributed by atoms with Crippen molar-refractivity contribution >= 4 is 27.3 Å². The van der Waals surface area contributed by atoms with Gasteiger partial charge in [0.05, 0.1) is 17.7 Å². The second-order valence-electron chi connectivity index (χ2n) is 6.86. The first-order valence-corrected chi connectivity index (χ1v) is 11.1. The van der Waals surface area contributed by atoms with Crippen molar-refractivity contribution in [1.82, 2.24) is 8.87 Å². The zero-order valence-electron chi connectivity index (χ0n) is 16.8. The molecule has 0 unspecified atom stereocenters. The summed E-state index contributed by atoms with van der Waals surface area (Å²) >= 11 is 0.